The Balaban J connectivity index is 0.000000188. The fraction of sp³-hybridized carbons (Fsp3) is 0.400. The molecule has 4 heterocycles. The molecule has 152 valence electrons. The third kappa shape index (κ3) is 8.13. The van der Waals surface area contributed by atoms with Crippen LogP contribution in [0.2, 0.25) is 0 Å². The highest BCUT2D eigenvalue weighted by molar-refractivity contribution is 6.12. The van der Waals surface area contributed by atoms with Gasteiger partial charge in [-0.1, -0.05) is 24.3 Å². The molecule has 0 aromatic carbocycles. The zero-order valence-corrected chi connectivity index (χ0v) is 16.9. The number of nitrogens with zero attached hydrogens (tertiary/aromatic N) is 4. The van der Waals surface area contributed by atoms with Crippen LogP contribution in [0, 0.1) is 0 Å². The first kappa shape index (κ1) is 23.0. The van der Waals surface area contributed by atoms with Crippen LogP contribution in [0.1, 0.15) is 6.42 Å². The zero-order chi connectivity index (χ0) is 21.1. The summed E-state index contributed by atoms with van der Waals surface area (Å²) >= 11 is 0. The van der Waals surface area contributed by atoms with E-state index in [4.69, 9.17) is 0 Å². The molecule has 28 heavy (non-hydrogen) atoms. The van der Waals surface area contributed by atoms with Crippen molar-refractivity contribution in [3.8, 4) is 0 Å². The molecule has 8 heteroatoms. The first-order chi connectivity index (χ1) is 13.2. The Hall–Kier alpha value is -3.00. The van der Waals surface area contributed by atoms with Crippen molar-refractivity contribution in [3.05, 3.63) is 48.7 Å². The molecule has 4 rings (SSSR count). The molecule has 4 aliphatic rings. The quantitative estimate of drug-likeness (QED) is 0.443. The Morgan fingerprint density at radius 3 is 1.39 bits per heavy atom. The molecule has 0 aromatic rings. The van der Waals surface area contributed by atoms with E-state index in [2.05, 4.69) is 24.1 Å². The molecule has 0 atom stereocenters. The van der Waals surface area contributed by atoms with Crippen molar-refractivity contribution in [2.45, 2.75) is 6.42 Å². The minimum absolute atomic E-state index is 0.111. The molecule has 0 unspecified atom stereocenters. The van der Waals surface area contributed by atoms with Gasteiger partial charge < -0.3 is 9.80 Å². The van der Waals surface area contributed by atoms with Crippen LogP contribution in [0.4, 0.5) is 0 Å². The molecular weight excluding hydrogens is 360 g/mol. The van der Waals surface area contributed by atoms with Gasteiger partial charge in [0.05, 0.1) is 0 Å². The van der Waals surface area contributed by atoms with E-state index >= 15 is 0 Å². The number of hydrogen-bond acceptors (Lipinski definition) is 5. The topological polar surface area (TPSA) is 81.2 Å². The molecular formula is C20H28N4O4. The van der Waals surface area contributed by atoms with E-state index in [1.165, 1.54) is 19.2 Å². The summed E-state index contributed by atoms with van der Waals surface area (Å²) < 4.78 is 0. The van der Waals surface area contributed by atoms with Crippen LogP contribution in [-0.4, -0.2) is 91.1 Å². The van der Waals surface area contributed by atoms with Gasteiger partial charge in [-0.15, -0.1) is 0 Å². The highest BCUT2D eigenvalue weighted by Gasteiger charge is 2.17. The van der Waals surface area contributed by atoms with Crippen LogP contribution in [0.5, 0.6) is 0 Å². The van der Waals surface area contributed by atoms with Gasteiger partial charge in [-0.3, -0.25) is 29.0 Å². The van der Waals surface area contributed by atoms with Gasteiger partial charge in [0, 0.05) is 71.6 Å². The molecule has 4 aliphatic heterocycles. The predicted octanol–water partition coefficient (Wildman–Crippen LogP) is 0.406. The summed E-state index contributed by atoms with van der Waals surface area (Å²) in [5, 5.41) is 0. The van der Waals surface area contributed by atoms with Crippen LogP contribution in [0.15, 0.2) is 48.7 Å². The van der Waals surface area contributed by atoms with E-state index in [-0.39, 0.29) is 23.6 Å². The molecule has 0 spiro atoms. The Labute approximate surface area is 166 Å². The monoisotopic (exact) mass is 388 g/mol. The van der Waals surface area contributed by atoms with Gasteiger partial charge in [0.2, 0.25) is 11.8 Å². The number of carbonyl (C=O) groups excluding carboxylic acids is 4. The van der Waals surface area contributed by atoms with Gasteiger partial charge in [-0.05, 0) is 7.05 Å². The number of amides is 4. The number of likely N-dealkylation sites (N-methyl/N-ethyl adjacent to an activating group) is 3. The summed E-state index contributed by atoms with van der Waals surface area (Å²) in [5.41, 5.74) is 0. The standard InChI is InChI=1S/C5H5NO2.2C5H7NO.C5H9N/c1-6-4(7)2-3-5(6)8;2*1-6-4-2-3-5(6)7;1-6-4-2-3-5-6/h2-3H,1H3;2,4H,3H2,1H3;2-3H,4H2,1H3;2-3H,4-5H2,1H3. The van der Waals surface area contributed by atoms with Crippen LogP contribution in [0.3, 0.4) is 0 Å². The maximum Gasteiger partial charge on any atom is 0.253 e. The van der Waals surface area contributed by atoms with Crippen molar-refractivity contribution in [3.63, 3.8) is 0 Å². The maximum absolute atomic E-state index is 10.4. The van der Waals surface area contributed by atoms with Gasteiger partial charge >= 0.3 is 0 Å². The normalized spacial score (nSPS) is 19.6. The smallest absolute Gasteiger partial charge is 0.253 e. The van der Waals surface area contributed by atoms with Crippen molar-refractivity contribution in [2.75, 3.05) is 47.8 Å². The molecule has 8 nitrogen and oxygen atoms in total. The Morgan fingerprint density at radius 2 is 1.25 bits per heavy atom. The number of imide groups is 1. The largest absolute Gasteiger partial charge is 0.338 e. The minimum atomic E-state index is -0.241. The lowest BCUT2D eigenvalue weighted by molar-refractivity contribution is -0.135. The van der Waals surface area contributed by atoms with E-state index in [1.54, 1.807) is 36.2 Å². The second-order valence-corrected chi connectivity index (χ2v) is 6.48. The Bertz CT molecular complexity index is 683. The molecule has 4 amide bonds. The molecule has 0 aliphatic carbocycles. The minimum Gasteiger partial charge on any atom is -0.338 e. The Morgan fingerprint density at radius 1 is 0.679 bits per heavy atom. The van der Waals surface area contributed by atoms with E-state index in [0.717, 1.165) is 24.5 Å². The lowest BCUT2D eigenvalue weighted by Gasteiger charge is -2.03. The summed E-state index contributed by atoms with van der Waals surface area (Å²) in [6, 6.07) is 0. The van der Waals surface area contributed by atoms with Gasteiger partial charge in [0.25, 0.3) is 11.8 Å². The summed E-state index contributed by atoms with van der Waals surface area (Å²) in [6.07, 6.45) is 14.5. The predicted molar refractivity (Wildman–Crippen MR) is 107 cm³/mol. The fourth-order valence-corrected chi connectivity index (χ4v) is 2.13. The second-order valence-electron chi connectivity index (χ2n) is 6.48. The molecule has 0 saturated carbocycles. The molecule has 0 aromatic heterocycles. The van der Waals surface area contributed by atoms with E-state index in [9.17, 15) is 19.2 Å². The summed E-state index contributed by atoms with van der Waals surface area (Å²) in [6.45, 7) is 3.05. The van der Waals surface area contributed by atoms with Crippen LogP contribution >= 0.6 is 0 Å². The Kier molecular flexibility index (Phi) is 9.59. The zero-order valence-electron chi connectivity index (χ0n) is 16.9. The molecule has 0 radical (unpaired) electrons. The van der Waals surface area contributed by atoms with Crippen molar-refractivity contribution in [1.82, 2.24) is 19.6 Å². The molecule has 0 saturated heterocycles. The van der Waals surface area contributed by atoms with Gasteiger partial charge in [-0.2, -0.15) is 0 Å². The van der Waals surface area contributed by atoms with E-state index in [0.29, 0.717) is 6.42 Å². The number of hydrogen-bond donors (Lipinski definition) is 0. The van der Waals surface area contributed by atoms with Gasteiger partial charge in [-0.25, -0.2) is 0 Å². The van der Waals surface area contributed by atoms with Crippen molar-refractivity contribution in [2.24, 2.45) is 0 Å². The summed E-state index contributed by atoms with van der Waals surface area (Å²) in [4.78, 5) is 48.2. The van der Waals surface area contributed by atoms with Crippen molar-refractivity contribution < 1.29 is 19.2 Å². The van der Waals surface area contributed by atoms with Crippen molar-refractivity contribution >= 4 is 23.6 Å². The average molecular weight is 388 g/mol. The fourth-order valence-electron chi connectivity index (χ4n) is 2.13. The third-order valence-electron chi connectivity index (χ3n) is 4.06. The molecule has 0 N–H and O–H groups in total. The lowest BCUT2D eigenvalue weighted by atomic mass is 10.5. The number of carbonyl (C=O) groups is 4. The second kappa shape index (κ2) is 11.7. The summed E-state index contributed by atoms with van der Waals surface area (Å²) in [7, 11) is 7.10. The van der Waals surface area contributed by atoms with Crippen LogP contribution in [0.25, 0.3) is 0 Å². The molecule has 0 fully saturated rings. The maximum atomic E-state index is 10.4. The van der Waals surface area contributed by atoms with Crippen molar-refractivity contribution in [1.29, 1.82) is 0 Å². The SMILES string of the molecule is CN1C(=O)C=CC1=O.CN1C=CCC1=O.CN1CC=CC1.CN1CC=CC1=O. The highest BCUT2D eigenvalue weighted by Crippen LogP contribution is 2.00. The first-order valence-electron chi connectivity index (χ1n) is 8.89. The van der Waals surface area contributed by atoms with E-state index < -0.39 is 0 Å². The highest BCUT2D eigenvalue weighted by atomic mass is 16.2. The van der Waals surface area contributed by atoms with Gasteiger partial charge in [0.15, 0.2) is 0 Å². The van der Waals surface area contributed by atoms with E-state index in [1.807, 2.05) is 12.2 Å². The van der Waals surface area contributed by atoms with Crippen LogP contribution < -0.4 is 0 Å². The third-order valence-corrected chi connectivity index (χ3v) is 4.06. The average Bonchev–Trinajstić information content (AvgIpc) is 3.44. The first-order valence-corrected chi connectivity index (χ1v) is 8.89. The molecule has 0 bridgehead atoms. The summed E-state index contributed by atoms with van der Waals surface area (Å²) in [5.74, 6) is -0.190. The van der Waals surface area contributed by atoms with Crippen LogP contribution in [-0.2, 0) is 19.2 Å². The number of rotatable bonds is 0. The van der Waals surface area contributed by atoms with Gasteiger partial charge in [0.1, 0.15) is 0 Å². The lowest BCUT2D eigenvalue weighted by Crippen LogP contribution is -2.24.